The van der Waals surface area contributed by atoms with Crippen molar-refractivity contribution in [3.05, 3.63) is 59.8 Å². The third-order valence-electron chi connectivity index (χ3n) is 6.59. The number of hydrogen-bond acceptors (Lipinski definition) is 2. The Hall–Kier alpha value is -1.87. The summed E-state index contributed by atoms with van der Waals surface area (Å²) in [6.07, 6.45) is 13.1. The molecular weight excluding hydrogens is 428 g/mol. The number of piperidine rings is 2. The summed E-state index contributed by atoms with van der Waals surface area (Å²) in [5.74, 6) is 1.17. The molecule has 3 atom stereocenters. The minimum Gasteiger partial charge on any atom is -0.309 e. The molecule has 2 fully saturated rings. The molecule has 35 heavy (non-hydrogen) atoms. The van der Waals surface area contributed by atoms with E-state index in [1.165, 1.54) is 5.56 Å². The Morgan fingerprint density at radius 2 is 1.57 bits per heavy atom. The SMILES string of the molecule is CC.CC.CC.CC.CCC1CC2CN(CCc3ccccc3)CCC2N(C2=CCCC=C2)C1=O. The van der Waals surface area contributed by atoms with E-state index in [4.69, 9.17) is 0 Å². The monoisotopic (exact) mass is 484 g/mol. The van der Waals surface area contributed by atoms with Crippen LogP contribution in [0.15, 0.2) is 54.3 Å². The van der Waals surface area contributed by atoms with Crippen LogP contribution in [0.25, 0.3) is 0 Å². The number of nitrogens with zero attached hydrogens (tertiary/aromatic N) is 2. The molecular formula is C32H56N2O. The summed E-state index contributed by atoms with van der Waals surface area (Å²) in [4.78, 5) is 18.0. The predicted molar refractivity (Wildman–Crippen MR) is 156 cm³/mol. The van der Waals surface area contributed by atoms with Gasteiger partial charge in [-0.3, -0.25) is 4.79 Å². The predicted octanol–water partition coefficient (Wildman–Crippen LogP) is 8.52. The zero-order valence-corrected chi connectivity index (χ0v) is 24.5. The van der Waals surface area contributed by atoms with Crippen molar-refractivity contribution in [2.75, 3.05) is 19.6 Å². The summed E-state index contributed by atoms with van der Waals surface area (Å²) < 4.78 is 0. The van der Waals surface area contributed by atoms with E-state index in [9.17, 15) is 4.79 Å². The van der Waals surface area contributed by atoms with Crippen molar-refractivity contribution in [2.45, 2.75) is 107 Å². The van der Waals surface area contributed by atoms with Gasteiger partial charge in [0.05, 0.1) is 0 Å². The molecule has 200 valence electrons. The fourth-order valence-corrected chi connectivity index (χ4v) is 5.07. The molecule has 0 spiro atoms. The van der Waals surface area contributed by atoms with Crippen molar-refractivity contribution in [3.63, 3.8) is 0 Å². The Bertz CT molecular complexity index is 710. The first-order valence-corrected chi connectivity index (χ1v) is 14.7. The van der Waals surface area contributed by atoms with Gasteiger partial charge in [-0.1, -0.05) is 105 Å². The minimum atomic E-state index is 0.191. The highest BCUT2D eigenvalue weighted by atomic mass is 16.2. The molecule has 0 aromatic heterocycles. The maximum Gasteiger partial charge on any atom is 0.230 e. The Morgan fingerprint density at radius 1 is 0.914 bits per heavy atom. The van der Waals surface area contributed by atoms with Crippen LogP contribution in [0.5, 0.6) is 0 Å². The smallest absolute Gasteiger partial charge is 0.230 e. The number of likely N-dealkylation sites (tertiary alicyclic amines) is 2. The van der Waals surface area contributed by atoms with E-state index in [1.807, 2.05) is 55.4 Å². The van der Waals surface area contributed by atoms with Crippen molar-refractivity contribution in [1.82, 2.24) is 9.80 Å². The highest BCUT2D eigenvalue weighted by molar-refractivity contribution is 5.82. The number of amides is 1. The van der Waals surface area contributed by atoms with Crippen LogP contribution >= 0.6 is 0 Å². The molecule has 0 saturated carbocycles. The van der Waals surface area contributed by atoms with Crippen LogP contribution in [0.1, 0.15) is 100.0 Å². The lowest BCUT2D eigenvalue weighted by atomic mass is 9.77. The normalized spacial score (nSPS) is 22.9. The van der Waals surface area contributed by atoms with Gasteiger partial charge in [-0.2, -0.15) is 0 Å². The largest absolute Gasteiger partial charge is 0.309 e. The first kappa shape index (κ1) is 33.1. The van der Waals surface area contributed by atoms with Gasteiger partial charge >= 0.3 is 0 Å². The van der Waals surface area contributed by atoms with Gasteiger partial charge in [0.25, 0.3) is 0 Å². The zero-order chi connectivity index (χ0) is 26.6. The first-order chi connectivity index (χ1) is 17.3. The highest BCUT2D eigenvalue weighted by Crippen LogP contribution is 2.38. The molecule has 0 bridgehead atoms. The molecule has 0 radical (unpaired) electrons. The second-order valence-electron chi connectivity index (χ2n) is 8.31. The Kier molecular flexibility index (Phi) is 19.2. The topological polar surface area (TPSA) is 23.6 Å². The summed E-state index contributed by atoms with van der Waals surface area (Å²) in [6, 6.07) is 11.2. The van der Waals surface area contributed by atoms with Crippen molar-refractivity contribution in [2.24, 2.45) is 11.8 Å². The van der Waals surface area contributed by atoms with Crippen LogP contribution in [0.4, 0.5) is 0 Å². The molecule has 1 aromatic carbocycles. The summed E-state index contributed by atoms with van der Waals surface area (Å²) in [5.41, 5.74) is 2.58. The fraction of sp³-hybridized carbons (Fsp3) is 0.656. The number of fused-ring (bicyclic) bond motifs is 1. The van der Waals surface area contributed by atoms with Gasteiger partial charge in [0.15, 0.2) is 0 Å². The van der Waals surface area contributed by atoms with Crippen molar-refractivity contribution >= 4 is 5.91 Å². The molecule has 2 aliphatic heterocycles. The number of rotatable bonds is 5. The van der Waals surface area contributed by atoms with Crippen LogP contribution < -0.4 is 0 Å². The Morgan fingerprint density at radius 3 is 2.14 bits per heavy atom. The lowest BCUT2D eigenvalue weighted by Crippen LogP contribution is -2.58. The first-order valence-electron chi connectivity index (χ1n) is 14.7. The third-order valence-corrected chi connectivity index (χ3v) is 6.59. The Labute approximate surface area is 218 Å². The van der Waals surface area contributed by atoms with Crippen LogP contribution in [0, 0.1) is 11.8 Å². The van der Waals surface area contributed by atoms with E-state index >= 15 is 0 Å². The van der Waals surface area contributed by atoms with E-state index in [0.717, 1.165) is 63.9 Å². The zero-order valence-electron chi connectivity index (χ0n) is 24.5. The van der Waals surface area contributed by atoms with Crippen LogP contribution in [0.3, 0.4) is 0 Å². The number of hydrogen-bond donors (Lipinski definition) is 0. The van der Waals surface area contributed by atoms with Gasteiger partial charge in [-0.15, -0.1) is 0 Å². The van der Waals surface area contributed by atoms with Crippen molar-refractivity contribution < 1.29 is 4.79 Å². The highest BCUT2D eigenvalue weighted by Gasteiger charge is 2.44. The molecule has 3 heteroatoms. The van der Waals surface area contributed by atoms with E-state index in [-0.39, 0.29) is 5.92 Å². The lowest BCUT2D eigenvalue weighted by Gasteiger charge is -2.49. The molecule has 3 nitrogen and oxygen atoms in total. The van der Waals surface area contributed by atoms with Crippen molar-refractivity contribution in [3.8, 4) is 0 Å². The van der Waals surface area contributed by atoms with Gasteiger partial charge in [-0.25, -0.2) is 0 Å². The number of allylic oxidation sites excluding steroid dienone is 3. The van der Waals surface area contributed by atoms with Gasteiger partial charge in [0.1, 0.15) is 0 Å². The average molecular weight is 485 g/mol. The van der Waals surface area contributed by atoms with Gasteiger partial charge < -0.3 is 9.80 Å². The summed E-state index contributed by atoms with van der Waals surface area (Å²) in [6.45, 7) is 21.5. The molecule has 3 aliphatic rings. The Balaban J connectivity index is 0.00000132. The number of benzene rings is 1. The molecule has 1 aromatic rings. The second kappa shape index (κ2) is 20.3. The molecule has 3 unspecified atom stereocenters. The van der Waals surface area contributed by atoms with E-state index in [2.05, 4.69) is 65.3 Å². The van der Waals surface area contributed by atoms with Gasteiger partial charge in [0, 0.05) is 37.3 Å². The summed E-state index contributed by atoms with van der Waals surface area (Å²) >= 11 is 0. The third kappa shape index (κ3) is 9.95. The summed E-state index contributed by atoms with van der Waals surface area (Å²) in [5, 5.41) is 0. The van der Waals surface area contributed by atoms with Crippen LogP contribution in [-0.4, -0.2) is 41.4 Å². The van der Waals surface area contributed by atoms with E-state index < -0.39 is 0 Å². The fourth-order valence-electron chi connectivity index (χ4n) is 5.07. The minimum absolute atomic E-state index is 0.191. The molecule has 2 heterocycles. The van der Waals surface area contributed by atoms with Crippen LogP contribution in [0.2, 0.25) is 0 Å². The molecule has 1 amide bonds. The quantitative estimate of drug-likeness (QED) is 0.418. The van der Waals surface area contributed by atoms with E-state index in [1.54, 1.807) is 0 Å². The second-order valence-corrected chi connectivity index (χ2v) is 8.31. The average Bonchev–Trinajstić information content (AvgIpc) is 2.97. The summed E-state index contributed by atoms with van der Waals surface area (Å²) in [7, 11) is 0. The molecule has 2 saturated heterocycles. The molecule has 1 aliphatic carbocycles. The molecule has 0 N–H and O–H groups in total. The van der Waals surface area contributed by atoms with Gasteiger partial charge in [0.2, 0.25) is 5.91 Å². The number of carbonyl (C=O) groups is 1. The van der Waals surface area contributed by atoms with E-state index in [0.29, 0.717) is 17.9 Å². The maximum absolute atomic E-state index is 13.1. The molecule has 4 rings (SSSR count). The van der Waals surface area contributed by atoms with Crippen molar-refractivity contribution in [1.29, 1.82) is 0 Å². The van der Waals surface area contributed by atoms with Crippen LogP contribution in [-0.2, 0) is 11.2 Å². The lowest BCUT2D eigenvalue weighted by molar-refractivity contribution is -0.144. The standard InChI is InChI=1S/C24H32N2O.4C2H6/c1-2-20-17-21-18-25(15-13-19-9-5-3-6-10-19)16-14-23(21)26(24(20)27)22-11-7-4-8-12-22;4*1-2/h3,5-7,9-12,20-21,23H,2,4,8,13-18H2,1H3;4*1-2H3. The number of carbonyl (C=O) groups excluding carboxylic acids is 1. The maximum atomic E-state index is 13.1. The van der Waals surface area contributed by atoms with Gasteiger partial charge in [-0.05, 0) is 56.1 Å².